The van der Waals surface area contributed by atoms with Crippen molar-refractivity contribution >= 4 is 0 Å². The summed E-state index contributed by atoms with van der Waals surface area (Å²) in [7, 11) is 0. The molecular formula is C6H7F. The Morgan fingerprint density at radius 3 is 2.57 bits per heavy atom. The molecule has 7 heavy (non-hydrogen) atoms. The van der Waals surface area contributed by atoms with Crippen molar-refractivity contribution in [1.82, 2.24) is 0 Å². The van der Waals surface area contributed by atoms with Crippen LogP contribution in [-0.4, -0.2) is 0 Å². The summed E-state index contributed by atoms with van der Waals surface area (Å²) in [5.74, 6) is -0.414. The fourth-order valence-corrected chi connectivity index (χ4v) is 0.205. The highest BCUT2D eigenvalue weighted by Gasteiger charge is 1.74. The first-order valence-electron chi connectivity index (χ1n) is 1.99. The molecule has 0 radical (unpaired) electrons. The van der Waals surface area contributed by atoms with Gasteiger partial charge in [0.1, 0.15) is 0 Å². The van der Waals surface area contributed by atoms with Gasteiger partial charge in [0.05, 0.1) is 0 Å². The average molecular weight is 98.1 g/mol. The summed E-state index contributed by atoms with van der Waals surface area (Å²) in [5, 5.41) is 0. The van der Waals surface area contributed by atoms with Gasteiger partial charge in [0, 0.05) is 0 Å². The number of hydrogen-bond donors (Lipinski definition) is 0. The molecule has 0 saturated heterocycles. The molecule has 0 saturated carbocycles. The first-order valence-corrected chi connectivity index (χ1v) is 1.99. The van der Waals surface area contributed by atoms with Crippen molar-refractivity contribution in [1.29, 1.82) is 0 Å². The molecule has 0 fully saturated rings. The molecule has 0 unspecified atom stereocenters. The molecule has 0 aliphatic carbocycles. The van der Waals surface area contributed by atoms with Crippen molar-refractivity contribution in [3.8, 4) is 0 Å². The van der Waals surface area contributed by atoms with Gasteiger partial charge in [-0.1, -0.05) is 18.4 Å². The van der Waals surface area contributed by atoms with Crippen LogP contribution in [0.4, 0.5) is 4.39 Å². The predicted molar refractivity (Wildman–Crippen MR) is 28.6 cm³/mol. The first-order chi connectivity index (χ1) is 3.31. The topological polar surface area (TPSA) is 0 Å². The van der Waals surface area contributed by atoms with Crippen LogP contribution in [0.1, 0.15) is 6.92 Å². The lowest BCUT2D eigenvalue weighted by Gasteiger charge is -1.71. The molecule has 0 aromatic rings. The van der Waals surface area contributed by atoms with E-state index in [1.54, 1.807) is 13.0 Å². The maximum atomic E-state index is 11.8. The number of hydrogen-bond acceptors (Lipinski definition) is 0. The molecule has 0 bridgehead atoms. The van der Waals surface area contributed by atoms with E-state index >= 15 is 0 Å². The maximum absolute atomic E-state index is 11.8. The SMILES string of the molecule is C=C=C(F)C=CC. The van der Waals surface area contributed by atoms with Crippen LogP contribution in [0.25, 0.3) is 0 Å². The minimum atomic E-state index is -0.414. The second-order valence-corrected chi connectivity index (χ2v) is 1.02. The van der Waals surface area contributed by atoms with Gasteiger partial charge in [0.15, 0.2) is 5.83 Å². The molecule has 0 aliphatic rings. The van der Waals surface area contributed by atoms with Gasteiger partial charge in [-0.25, -0.2) is 0 Å². The fraction of sp³-hybridized carbons (Fsp3) is 0.167. The molecule has 0 nitrogen and oxygen atoms in total. The molecular weight excluding hydrogens is 91.1 g/mol. The Balaban J connectivity index is 3.83. The summed E-state index contributed by atoms with van der Waals surface area (Å²) >= 11 is 0. The Kier molecular flexibility index (Phi) is 2.99. The fourth-order valence-electron chi connectivity index (χ4n) is 0.205. The Labute approximate surface area is 42.7 Å². The van der Waals surface area contributed by atoms with Crippen LogP contribution < -0.4 is 0 Å². The molecule has 0 aromatic heterocycles. The van der Waals surface area contributed by atoms with E-state index < -0.39 is 5.83 Å². The third kappa shape index (κ3) is 3.01. The highest BCUT2D eigenvalue weighted by Crippen LogP contribution is 1.92. The molecule has 38 valence electrons. The molecule has 0 atom stereocenters. The van der Waals surface area contributed by atoms with E-state index in [2.05, 4.69) is 12.3 Å². The van der Waals surface area contributed by atoms with Gasteiger partial charge in [-0.15, -0.1) is 0 Å². The Morgan fingerprint density at radius 2 is 2.43 bits per heavy atom. The van der Waals surface area contributed by atoms with Gasteiger partial charge in [-0.05, 0) is 13.0 Å². The van der Waals surface area contributed by atoms with Gasteiger partial charge in [-0.3, -0.25) is 0 Å². The van der Waals surface area contributed by atoms with Gasteiger partial charge >= 0.3 is 0 Å². The maximum Gasteiger partial charge on any atom is 0.164 e. The summed E-state index contributed by atoms with van der Waals surface area (Å²) in [6.07, 6.45) is 2.89. The van der Waals surface area contributed by atoms with Crippen LogP contribution in [0.5, 0.6) is 0 Å². The Morgan fingerprint density at radius 1 is 1.86 bits per heavy atom. The van der Waals surface area contributed by atoms with Crippen molar-refractivity contribution in [3.05, 3.63) is 30.3 Å². The van der Waals surface area contributed by atoms with Crippen molar-refractivity contribution in [2.45, 2.75) is 6.92 Å². The normalized spacial score (nSPS) is 8.86. The third-order valence-corrected chi connectivity index (χ3v) is 0.482. The van der Waals surface area contributed by atoms with Crippen LogP contribution in [0.15, 0.2) is 30.3 Å². The van der Waals surface area contributed by atoms with Gasteiger partial charge in [0.2, 0.25) is 0 Å². The van der Waals surface area contributed by atoms with E-state index in [0.717, 1.165) is 0 Å². The van der Waals surface area contributed by atoms with Gasteiger partial charge in [-0.2, -0.15) is 4.39 Å². The van der Waals surface area contributed by atoms with E-state index in [4.69, 9.17) is 0 Å². The van der Waals surface area contributed by atoms with E-state index in [1.807, 2.05) is 0 Å². The van der Waals surface area contributed by atoms with E-state index in [1.165, 1.54) is 6.08 Å². The second kappa shape index (κ2) is 3.38. The van der Waals surface area contributed by atoms with Crippen molar-refractivity contribution in [3.63, 3.8) is 0 Å². The monoisotopic (exact) mass is 98.1 g/mol. The van der Waals surface area contributed by atoms with Gasteiger partial charge in [0.25, 0.3) is 0 Å². The average Bonchev–Trinajstić information content (AvgIpc) is 1.68. The minimum Gasteiger partial charge on any atom is -0.198 e. The lowest BCUT2D eigenvalue weighted by Crippen LogP contribution is -1.53. The molecule has 0 N–H and O–H groups in total. The van der Waals surface area contributed by atoms with Crippen LogP contribution in [0, 0.1) is 0 Å². The van der Waals surface area contributed by atoms with Crippen LogP contribution in [0.2, 0.25) is 0 Å². The molecule has 0 heterocycles. The van der Waals surface area contributed by atoms with Crippen LogP contribution in [0.3, 0.4) is 0 Å². The van der Waals surface area contributed by atoms with E-state index in [9.17, 15) is 4.39 Å². The largest absolute Gasteiger partial charge is 0.198 e. The van der Waals surface area contributed by atoms with Crippen LogP contribution >= 0.6 is 0 Å². The zero-order valence-electron chi connectivity index (χ0n) is 4.24. The zero-order valence-corrected chi connectivity index (χ0v) is 4.24. The van der Waals surface area contributed by atoms with Crippen LogP contribution in [-0.2, 0) is 0 Å². The lowest BCUT2D eigenvalue weighted by molar-refractivity contribution is 0.669. The highest BCUT2D eigenvalue weighted by atomic mass is 19.1. The predicted octanol–water partition coefficient (Wildman–Crippen LogP) is 2.20. The van der Waals surface area contributed by atoms with E-state index in [-0.39, 0.29) is 0 Å². The Hall–Kier alpha value is -0.810. The summed E-state index contributed by atoms with van der Waals surface area (Å²) in [6.45, 7) is 4.82. The van der Waals surface area contributed by atoms with Gasteiger partial charge < -0.3 is 0 Å². The smallest absolute Gasteiger partial charge is 0.164 e. The number of allylic oxidation sites excluding steroid dienone is 3. The number of rotatable bonds is 1. The van der Waals surface area contributed by atoms with Crippen molar-refractivity contribution in [2.24, 2.45) is 0 Å². The molecule has 0 rings (SSSR count). The molecule has 0 aromatic carbocycles. The van der Waals surface area contributed by atoms with Crippen molar-refractivity contribution < 1.29 is 4.39 Å². The summed E-state index contributed by atoms with van der Waals surface area (Å²) < 4.78 is 11.8. The quantitative estimate of drug-likeness (QED) is 0.348. The Bertz CT molecular complexity index is 116. The molecule has 0 spiro atoms. The first kappa shape index (κ1) is 6.19. The number of halogens is 1. The summed E-state index contributed by atoms with van der Waals surface area (Å²) in [5.41, 5.74) is 2.08. The third-order valence-electron chi connectivity index (χ3n) is 0.482. The molecule has 0 aliphatic heterocycles. The van der Waals surface area contributed by atoms with Crippen molar-refractivity contribution in [2.75, 3.05) is 0 Å². The molecule has 0 amide bonds. The lowest BCUT2D eigenvalue weighted by atomic mass is 10.5. The minimum absolute atomic E-state index is 0.414. The standard InChI is InChI=1S/C6H7F/c1-3-5-6(7)4-2/h3,5H,2H2,1H3. The highest BCUT2D eigenvalue weighted by molar-refractivity contribution is 5.07. The second-order valence-electron chi connectivity index (χ2n) is 1.02. The summed E-state index contributed by atoms with van der Waals surface area (Å²) in [6, 6.07) is 0. The van der Waals surface area contributed by atoms with E-state index in [0.29, 0.717) is 0 Å². The zero-order chi connectivity index (χ0) is 5.70. The summed E-state index contributed by atoms with van der Waals surface area (Å²) in [4.78, 5) is 0. The molecule has 1 heteroatoms.